The zero-order chi connectivity index (χ0) is 13.0. The van der Waals surface area contributed by atoms with Crippen molar-refractivity contribution in [3.05, 3.63) is 36.4 Å². The number of nitrogens with zero attached hydrogens (tertiary/aromatic N) is 3. The van der Waals surface area contributed by atoms with E-state index in [-0.39, 0.29) is 11.3 Å². The van der Waals surface area contributed by atoms with E-state index in [4.69, 9.17) is 0 Å². The van der Waals surface area contributed by atoms with Crippen LogP contribution in [0, 0.1) is 17.3 Å². The molecule has 1 heterocycles. The Bertz CT molecular complexity index is 702. The van der Waals surface area contributed by atoms with E-state index in [2.05, 4.69) is 29.4 Å². The topological polar surface area (TPSA) is 47.8 Å². The number of hydrogen-bond acceptors (Lipinski definition) is 3. The maximum Gasteiger partial charge on any atom is 0.255 e. The molecule has 4 heteroatoms. The van der Waals surface area contributed by atoms with Crippen LogP contribution in [0.4, 0.5) is 0 Å². The van der Waals surface area contributed by atoms with Gasteiger partial charge in [-0.3, -0.25) is 4.79 Å². The summed E-state index contributed by atoms with van der Waals surface area (Å²) in [5, 5.41) is 8.14. The molecule has 19 heavy (non-hydrogen) atoms. The van der Waals surface area contributed by atoms with E-state index in [0.29, 0.717) is 11.8 Å². The second kappa shape index (κ2) is 3.53. The first kappa shape index (κ1) is 10.9. The molecule has 3 atom stereocenters. The van der Waals surface area contributed by atoms with E-state index in [1.54, 1.807) is 0 Å². The van der Waals surface area contributed by atoms with E-state index in [1.807, 2.05) is 24.3 Å². The zero-order valence-corrected chi connectivity index (χ0v) is 10.8. The van der Waals surface area contributed by atoms with Gasteiger partial charge in [-0.05, 0) is 36.8 Å². The second-order valence-electron chi connectivity index (χ2n) is 5.90. The van der Waals surface area contributed by atoms with Gasteiger partial charge in [0.2, 0.25) is 0 Å². The summed E-state index contributed by atoms with van der Waals surface area (Å²) in [5.41, 5.74) is 1.26. The van der Waals surface area contributed by atoms with E-state index >= 15 is 0 Å². The largest absolute Gasteiger partial charge is 0.272 e. The molecule has 2 aromatic rings. The molecule has 0 radical (unpaired) electrons. The SMILES string of the molecule is C[C@@]1(C(=O)n2nnc3ccccc32)C[C@H]2C=C[C@@H]1C2. The fraction of sp³-hybridized carbons (Fsp3) is 0.400. The highest BCUT2D eigenvalue weighted by Crippen LogP contribution is 2.52. The fourth-order valence-electron chi connectivity index (χ4n) is 3.60. The first-order chi connectivity index (χ1) is 9.18. The van der Waals surface area contributed by atoms with Crippen molar-refractivity contribution in [2.45, 2.75) is 19.8 Å². The number of carbonyl (C=O) groups excluding carboxylic acids is 1. The number of carbonyl (C=O) groups is 1. The van der Waals surface area contributed by atoms with Crippen LogP contribution in [-0.4, -0.2) is 20.9 Å². The minimum absolute atomic E-state index is 0.0815. The predicted octanol–water partition coefficient (Wildman–Crippen LogP) is 2.67. The van der Waals surface area contributed by atoms with Crippen LogP contribution in [-0.2, 0) is 0 Å². The highest BCUT2D eigenvalue weighted by atomic mass is 16.2. The maximum atomic E-state index is 12.9. The van der Waals surface area contributed by atoms with Crippen LogP contribution >= 0.6 is 0 Å². The Morgan fingerprint density at radius 1 is 1.37 bits per heavy atom. The van der Waals surface area contributed by atoms with E-state index in [1.165, 1.54) is 4.68 Å². The predicted molar refractivity (Wildman–Crippen MR) is 71.6 cm³/mol. The Labute approximate surface area is 111 Å². The van der Waals surface area contributed by atoms with Crippen LogP contribution in [0.25, 0.3) is 11.0 Å². The lowest BCUT2D eigenvalue weighted by Crippen LogP contribution is -2.36. The van der Waals surface area contributed by atoms with Crippen molar-refractivity contribution in [1.29, 1.82) is 0 Å². The van der Waals surface area contributed by atoms with Gasteiger partial charge in [-0.15, -0.1) is 5.10 Å². The lowest BCUT2D eigenvalue weighted by molar-refractivity contribution is 0.0664. The first-order valence-corrected chi connectivity index (χ1v) is 6.72. The quantitative estimate of drug-likeness (QED) is 0.734. The normalized spacial score (nSPS) is 32.3. The van der Waals surface area contributed by atoms with E-state index in [9.17, 15) is 4.79 Å². The van der Waals surface area contributed by atoms with Crippen molar-refractivity contribution >= 4 is 16.9 Å². The molecule has 0 aliphatic heterocycles. The van der Waals surface area contributed by atoms with Gasteiger partial charge in [-0.2, -0.15) is 4.68 Å². The van der Waals surface area contributed by atoms with Crippen LogP contribution in [0.2, 0.25) is 0 Å². The molecule has 2 aliphatic rings. The molecule has 0 saturated heterocycles. The second-order valence-corrected chi connectivity index (χ2v) is 5.90. The zero-order valence-electron chi connectivity index (χ0n) is 10.8. The molecule has 2 bridgehead atoms. The third-order valence-corrected chi connectivity index (χ3v) is 4.71. The Morgan fingerprint density at radius 3 is 2.95 bits per heavy atom. The molecule has 4 nitrogen and oxygen atoms in total. The van der Waals surface area contributed by atoms with E-state index in [0.717, 1.165) is 23.9 Å². The summed E-state index contributed by atoms with van der Waals surface area (Å²) in [7, 11) is 0. The van der Waals surface area contributed by atoms with Gasteiger partial charge < -0.3 is 0 Å². The van der Waals surface area contributed by atoms with Crippen molar-refractivity contribution in [2.24, 2.45) is 17.3 Å². The van der Waals surface area contributed by atoms with Crippen LogP contribution in [0.15, 0.2) is 36.4 Å². The number of rotatable bonds is 1. The van der Waals surface area contributed by atoms with Crippen molar-refractivity contribution in [2.75, 3.05) is 0 Å². The third kappa shape index (κ3) is 1.37. The van der Waals surface area contributed by atoms with Crippen LogP contribution in [0.1, 0.15) is 24.6 Å². The molecule has 1 saturated carbocycles. The van der Waals surface area contributed by atoms with Crippen molar-refractivity contribution in [3.63, 3.8) is 0 Å². The van der Waals surface area contributed by atoms with Gasteiger partial charge >= 0.3 is 0 Å². The van der Waals surface area contributed by atoms with Crippen LogP contribution in [0.3, 0.4) is 0 Å². The standard InChI is InChI=1S/C15H15N3O/c1-15(9-10-6-7-11(15)8-10)14(19)18-13-5-3-2-4-12(13)16-17-18/h2-7,10-11H,8-9H2,1H3/t10-,11+,15+/m0/s1. The highest BCUT2D eigenvalue weighted by Gasteiger charge is 2.51. The Kier molecular flexibility index (Phi) is 2.03. The van der Waals surface area contributed by atoms with Gasteiger partial charge in [-0.25, -0.2) is 0 Å². The number of hydrogen-bond donors (Lipinski definition) is 0. The molecule has 1 aromatic heterocycles. The van der Waals surface area contributed by atoms with Crippen LogP contribution < -0.4 is 0 Å². The summed E-state index contributed by atoms with van der Waals surface area (Å²) < 4.78 is 1.49. The van der Waals surface area contributed by atoms with Crippen molar-refractivity contribution in [3.8, 4) is 0 Å². The molecule has 1 fully saturated rings. The minimum Gasteiger partial charge on any atom is -0.272 e. The molecule has 0 unspecified atom stereocenters. The summed E-state index contributed by atoms with van der Waals surface area (Å²) >= 11 is 0. The van der Waals surface area contributed by atoms with Gasteiger partial charge in [0.05, 0.1) is 10.9 Å². The van der Waals surface area contributed by atoms with Gasteiger partial charge in [0.1, 0.15) is 5.52 Å². The lowest BCUT2D eigenvalue weighted by atomic mass is 9.77. The summed E-state index contributed by atoms with van der Waals surface area (Å²) in [6.07, 6.45) is 6.49. The average molecular weight is 253 g/mol. The van der Waals surface area contributed by atoms with Gasteiger partial charge in [0.15, 0.2) is 0 Å². The van der Waals surface area contributed by atoms with E-state index < -0.39 is 0 Å². The monoisotopic (exact) mass is 253 g/mol. The maximum absolute atomic E-state index is 12.9. The molecule has 2 aliphatic carbocycles. The fourth-order valence-corrected chi connectivity index (χ4v) is 3.60. The molecule has 96 valence electrons. The Balaban J connectivity index is 1.81. The first-order valence-electron chi connectivity index (χ1n) is 6.72. The van der Waals surface area contributed by atoms with Crippen molar-refractivity contribution in [1.82, 2.24) is 15.0 Å². The summed E-state index contributed by atoms with van der Waals surface area (Å²) in [6.45, 7) is 2.07. The smallest absolute Gasteiger partial charge is 0.255 e. The summed E-state index contributed by atoms with van der Waals surface area (Å²) in [6, 6.07) is 7.61. The molecule has 0 N–H and O–H groups in total. The summed E-state index contributed by atoms with van der Waals surface area (Å²) in [4.78, 5) is 12.9. The number of benzene rings is 1. The lowest BCUT2D eigenvalue weighted by Gasteiger charge is -2.29. The van der Waals surface area contributed by atoms with Gasteiger partial charge in [0.25, 0.3) is 5.91 Å². The number of fused-ring (bicyclic) bond motifs is 3. The number of allylic oxidation sites excluding steroid dienone is 2. The molecular formula is C15H15N3O. The Morgan fingerprint density at radius 2 is 2.21 bits per heavy atom. The van der Waals surface area contributed by atoms with Crippen molar-refractivity contribution < 1.29 is 4.79 Å². The highest BCUT2D eigenvalue weighted by molar-refractivity contribution is 5.92. The number of para-hydroxylation sites is 1. The van der Waals surface area contributed by atoms with Gasteiger partial charge in [0, 0.05) is 0 Å². The molecule has 1 aromatic carbocycles. The average Bonchev–Trinajstić information content (AvgIpc) is 3.11. The molecule has 0 amide bonds. The van der Waals surface area contributed by atoms with Crippen LogP contribution in [0.5, 0.6) is 0 Å². The third-order valence-electron chi connectivity index (χ3n) is 4.71. The number of aromatic nitrogens is 3. The summed E-state index contributed by atoms with van der Waals surface area (Å²) in [5.74, 6) is 1.000. The molecular weight excluding hydrogens is 238 g/mol. The Hall–Kier alpha value is -1.97. The molecule has 0 spiro atoms. The molecule has 4 rings (SSSR count). The van der Waals surface area contributed by atoms with Gasteiger partial charge in [-0.1, -0.05) is 36.4 Å². The minimum atomic E-state index is -0.324.